The van der Waals surface area contributed by atoms with E-state index in [1.54, 1.807) is 6.20 Å². The number of aryl methyl sites for hydroxylation is 1. The zero-order valence-electron chi connectivity index (χ0n) is 12.7. The Morgan fingerprint density at radius 2 is 2.19 bits per heavy atom. The fourth-order valence-corrected chi connectivity index (χ4v) is 1.93. The molecule has 0 aliphatic heterocycles. The highest BCUT2D eigenvalue weighted by atomic mass is 16.3. The Balaban J connectivity index is 1.80. The maximum Gasteiger partial charge on any atom is 0.222 e. The van der Waals surface area contributed by atoms with Gasteiger partial charge in [-0.25, -0.2) is 0 Å². The first-order chi connectivity index (χ1) is 10.1. The lowest BCUT2D eigenvalue weighted by molar-refractivity contribution is -0.123. The van der Waals surface area contributed by atoms with Crippen LogP contribution < -0.4 is 10.6 Å². The second-order valence-electron chi connectivity index (χ2n) is 5.30. The SMILES string of the molecule is Cc1ccc(-c2[nH]ncc2CNCCNC(=O)C(C)C)o1. The summed E-state index contributed by atoms with van der Waals surface area (Å²) >= 11 is 0. The number of nitrogens with zero attached hydrogens (tertiary/aromatic N) is 1. The van der Waals surface area contributed by atoms with Crippen molar-refractivity contribution in [2.24, 2.45) is 5.92 Å². The van der Waals surface area contributed by atoms with Gasteiger partial charge >= 0.3 is 0 Å². The largest absolute Gasteiger partial charge is 0.460 e. The molecule has 0 aliphatic carbocycles. The number of nitrogens with one attached hydrogen (secondary N) is 3. The van der Waals surface area contributed by atoms with E-state index in [0.29, 0.717) is 19.6 Å². The lowest BCUT2D eigenvalue weighted by atomic mass is 10.2. The van der Waals surface area contributed by atoms with Crippen molar-refractivity contribution < 1.29 is 9.21 Å². The highest BCUT2D eigenvalue weighted by Crippen LogP contribution is 2.22. The third-order valence-electron chi connectivity index (χ3n) is 3.15. The predicted molar refractivity (Wildman–Crippen MR) is 80.6 cm³/mol. The van der Waals surface area contributed by atoms with Crippen LogP contribution in [0.2, 0.25) is 0 Å². The summed E-state index contributed by atoms with van der Waals surface area (Å²) in [6.07, 6.45) is 1.78. The molecule has 0 unspecified atom stereocenters. The van der Waals surface area contributed by atoms with Crippen LogP contribution >= 0.6 is 0 Å². The third-order valence-corrected chi connectivity index (χ3v) is 3.15. The summed E-state index contributed by atoms with van der Waals surface area (Å²) in [4.78, 5) is 11.4. The monoisotopic (exact) mass is 290 g/mol. The molecule has 2 rings (SSSR count). The number of H-pyrrole nitrogens is 1. The minimum atomic E-state index is 0.0210. The molecular formula is C15H22N4O2. The molecule has 2 heterocycles. The minimum Gasteiger partial charge on any atom is -0.460 e. The van der Waals surface area contributed by atoms with E-state index in [2.05, 4.69) is 20.8 Å². The van der Waals surface area contributed by atoms with Crippen molar-refractivity contribution in [2.75, 3.05) is 13.1 Å². The van der Waals surface area contributed by atoms with Crippen LogP contribution in [0.3, 0.4) is 0 Å². The number of aromatic amines is 1. The molecule has 6 heteroatoms. The molecule has 0 saturated carbocycles. The summed E-state index contributed by atoms with van der Waals surface area (Å²) in [7, 11) is 0. The molecule has 6 nitrogen and oxygen atoms in total. The van der Waals surface area contributed by atoms with Crippen molar-refractivity contribution in [1.29, 1.82) is 0 Å². The zero-order chi connectivity index (χ0) is 15.2. The Kier molecular flexibility index (Phi) is 5.16. The summed E-state index contributed by atoms with van der Waals surface area (Å²) in [5, 5.41) is 13.2. The standard InChI is InChI=1S/C15H22N4O2/c1-10(2)15(20)17-7-6-16-8-12-9-18-19-14(12)13-5-4-11(3)21-13/h4-5,9-10,16H,6-8H2,1-3H3,(H,17,20)(H,18,19). The number of carbonyl (C=O) groups excluding carboxylic acids is 1. The molecule has 0 fully saturated rings. The van der Waals surface area contributed by atoms with Gasteiger partial charge in [0.2, 0.25) is 5.91 Å². The minimum absolute atomic E-state index is 0.0210. The first kappa shape index (κ1) is 15.3. The molecular weight excluding hydrogens is 268 g/mol. The van der Waals surface area contributed by atoms with Crippen molar-refractivity contribution in [3.8, 4) is 11.5 Å². The third kappa shape index (κ3) is 4.19. The maximum absolute atomic E-state index is 11.4. The first-order valence-corrected chi connectivity index (χ1v) is 7.15. The Bertz CT molecular complexity index is 586. The molecule has 0 saturated heterocycles. The van der Waals surface area contributed by atoms with Gasteiger partial charge in [-0.2, -0.15) is 5.10 Å². The van der Waals surface area contributed by atoms with E-state index in [9.17, 15) is 4.79 Å². The Morgan fingerprint density at radius 1 is 1.38 bits per heavy atom. The van der Waals surface area contributed by atoms with Gasteiger partial charge in [-0.15, -0.1) is 0 Å². The number of amides is 1. The van der Waals surface area contributed by atoms with Crippen molar-refractivity contribution >= 4 is 5.91 Å². The second-order valence-corrected chi connectivity index (χ2v) is 5.30. The summed E-state index contributed by atoms with van der Waals surface area (Å²) in [5.41, 5.74) is 1.93. The van der Waals surface area contributed by atoms with E-state index in [1.807, 2.05) is 32.9 Å². The zero-order valence-corrected chi connectivity index (χ0v) is 12.7. The van der Waals surface area contributed by atoms with Gasteiger partial charge < -0.3 is 15.1 Å². The highest BCUT2D eigenvalue weighted by molar-refractivity contribution is 5.77. The molecule has 2 aromatic heterocycles. The molecule has 0 aliphatic rings. The Morgan fingerprint density at radius 3 is 2.86 bits per heavy atom. The molecule has 0 bridgehead atoms. The lowest BCUT2D eigenvalue weighted by Crippen LogP contribution is -2.34. The summed E-state index contributed by atoms with van der Waals surface area (Å²) < 4.78 is 5.60. The summed E-state index contributed by atoms with van der Waals surface area (Å²) in [6, 6.07) is 3.85. The second kappa shape index (κ2) is 7.08. The van der Waals surface area contributed by atoms with E-state index in [4.69, 9.17) is 4.42 Å². The van der Waals surface area contributed by atoms with Gasteiger partial charge in [0.1, 0.15) is 11.5 Å². The van der Waals surface area contributed by atoms with Crippen LogP contribution in [0.15, 0.2) is 22.7 Å². The number of hydrogen-bond donors (Lipinski definition) is 3. The van der Waals surface area contributed by atoms with Crippen LogP contribution in [-0.4, -0.2) is 29.2 Å². The lowest BCUT2D eigenvalue weighted by Gasteiger charge is -2.08. The topological polar surface area (TPSA) is 83.0 Å². The average molecular weight is 290 g/mol. The van der Waals surface area contributed by atoms with Gasteiger partial charge in [0.05, 0.1) is 6.20 Å². The van der Waals surface area contributed by atoms with E-state index < -0.39 is 0 Å². The summed E-state index contributed by atoms with van der Waals surface area (Å²) in [5.74, 6) is 1.75. The molecule has 0 atom stereocenters. The van der Waals surface area contributed by atoms with Crippen molar-refractivity contribution in [3.63, 3.8) is 0 Å². The van der Waals surface area contributed by atoms with Crippen LogP contribution in [0.25, 0.3) is 11.5 Å². The quantitative estimate of drug-likeness (QED) is 0.679. The van der Waals surface area contributed by atoms with Gasteiger partial charge in [0.15, 0.2) is 5.76 Å². The fraction of sp³-hybridized carbons (Fsp3) is 0.467. The molecule has 1 amide bonds. The van der Waals surface area contributed by atoms with Gasteiger partial charge in [0, 0.05) is 31.1 Å². The molecule has 0 aromatic carbocycles. The molecule has 2 aromatic rings. The van der Waals surface area contributed by atoms with E-state index >= 15 is 0 Å². The smallest absolute Gasteiger partial charge is 0.222 e. The van der Waals surface area contributed by atoms with Gasteiger partial charge in [-0.1, -0.05) is 13.8 Å². The van der Waals surface area contributed by atoms with E-state index in [0.717, 1.165) is 22.8 Å². The van der Waals surface area contributed by atoms with Crippen molar-refractivity contribution in [1.82, 2.24) is 20.8 Å². The number of aromatic nitrogens is 2. The van der Waals surface area contributed by atoms with Crippen LogP contribution in [0.5, 0.6) is 0 Å². The van der Waals surface area contributed by atoms with Crippen LogP contribution in [0.1, 0.15) is 25.2 Å². The molecule has 0 spiro atoms. The first-order valence-electron chi connectivity index (χ1n) is 7.15. The maximum atomic E-state index is 11.4. The average Bonchev–Trinajstić information content (AvgIpc) is 3.06. The molecule has 0 radical (unpaired) electrons. The Hall–Kier alpha value is -2.08. The molecule has 114 valence electrons. The van der Waals surface area contributed by atoms with Crippen LogP contribution in [0.4, 0.5) is 0 Å². The molecule has 21 heavy (non-hydrogen) atoms. The normalized spacial score (nSPS) is 11.0. The fourth-order valence-electron chi connectivity index (χ4n) is 1.93. The van der Waals surface area contributed by atoms with E-state index in [-0.39, 0.29) is 11.8 Å². The predicted octanol–water partition coefficient (Wildman–Crippen LogP) is 1.84. The van der Waals surface area contributed by atoms with E-state index in [1.165, 1.54) is 0 Å². The van der Waals surface area contributed by atoms with Gasteiger partial charge in [-0.3, -0.25) is 9.89 Å². The number of hydrogen-bond acceptors (Lipinski definition) is 4. The summed E-state index contributed by atoms with van der Waals surface area (Å²) in [6.45, 7) is 7.67. The molecule has 3 N–H and O–H groups in total. The number of rotatable bonds is 7. The number of carbonyl (C=O) groups is 1. The number of furan rings is 1. The highest BCUT2D eigenvalue weighted by Gasteiger charge is 2.10. The van der Waals surface area contributed by atoms with Crippen LogP contribution in [0, 0.1) is 12.8 Å². The Labute approximate surface area is 124 Å². The van der Waals surface area contributed by atoms with Crippen LogP contribution in [-0.2, 0) is 11.3 Å². The van der Waals surface area contributed by atoms with Crippen molar-refractivity contribution in [2.45, 2.75) is 27.3 Å². The van der Waals surface area contributed by atoms with Gasteiger partial charge in [0.25, 0.3) is 0 Å². The van der Waals surface area contributed by atoms with Gasteiger partial charge in [-0.05, 0) is 19.1 Å². The van der Waals surface area contributed by atoms with Crippen molar-refractivity contribution in [3.05, 3.63) is 29.7 Å².